The van der Waals surface area contributed by atoms with Gasteiger partial charge >= 0.3 is 37.2 Å². The van der Waals surface area contributed by atoms with Crippen LogP contribution in [0.1, 0.15) is 0 Å². The van der Waals surface area contributed by atoms with Crippen molar-refractivity contribution in [1.82, 2.24) is 4.72 Å². The van der Waals surface area contributed by atoms with E-state index in [1.807, 2.05) is 16.9 Å². The molecule has 0 radical (unpaired) electrons. The van der Waals surface area contributed by atoms with E-state index in [2.05, 4.69) is 0 Å². The number of benzene rings is 3. The minimum absolute atomic E-state index is 0. The number of nitro benzene ring substituents is 1. The second kappa shape index (κ2) is 9.32. The van der Waals surface area contributed by atoms with E-state index in [1.54, 1.807) is 18.2 Å². The maximum absolute atomic E-state index is 12.6. The van der Waals surface area contributed by atoms with Crippen LogP contribution in [0.3, 0.4) is 0 Å². The van der Waals surface area contributed by atoms with Gasteiger partial charge in [0, 0.05) is 29.0 Å². The Morgan fingerprint density at radius 1 is 1.03 bits per heavy atom. The first-order valence-electron chi connectivity index (χ1n) is 8.81. The fraction of sp³-hybridized carbons (Fsp3) is 0.0526. The third kappa shape index (κ3) is 5.21. The molecule has 162 valence electrons. The molecule has 3 aromatic carbocycles. The quantitative estimate of drug-likeness (QED) is 0.175. The van der Waals surface area contributed by atoms with Gasteiger partial charge < -0.3 is 13.8 Å². The van der Waals surface area contributed by atoms with Crippen LogP contribution < -0.4 is 9.25 Å². The fourth-order valence-electron chi connectivity index (χ4n) is 2.95. The van der Waals surface area contributed by atoms with E-state index < -0.39 is 28.8 Å². The summed E-state index contributed by atoms with van der Waals surface area (Å²) in [5.74, 6) is -0.112. The van der Waals surface area contributed by atoms with Gasteiger partial charge in [-0.3, -0.25) is 10.1 Å². The number of furan rings is 1. The van der Waals surface area contributed by atoms with Crippen LogP contribution in [0.4, 0.5) is 5.69 Å². The molecule has 0 spiro atoms. The SMILES string of the molecule is O=[N+]([O-])c1ccc(OP(=O)(O)CNS(=O)(=O)c2ccc3c(c2)oc2ccccc23)cc1.[NaH]. The van der Waals surface area contributed by atoms with E-state index >= 15 is 0 Å². The monoisotopic (exact) mass is 486 g/mol. The summed E-state index contributed by atoms with van der Waals surface area (Å²) in [6.45, 7) is 0. The topological polar surface area (TPSA) is 149 Å². The first-order valence-corrected chi connectivity index (χ1v) is 12.1. The molecule has 1 aromatic heterocycles. The average molecular weight is 486 g/mol. The van der Waals surface area contributed by atoms with Crippen molar-refractivity contribution in [3.05, 3.63) is 76.8 Å². The third-order valence-corrected chi connectivity index (χ3v) is 7.08. The summed E-state index contributed by atoms with van der Waals surface area (Å²) in [6, 6.07) is 16.0. The van der Waals surface area contributed by atoms with Crippen molar-refractivity contribution >= 4 is 74.8 Å². The fourth-order valence-corrected chi connectivity index (χ4v) is 5.47. The van der Waals surface area contributed by atoms with Crippen LogP contribution in [0.25, 0.3) is 21.9 Å². The standard InChI is InChI=1S/C19H15N2O8PS.Na.H/c22-21(23)13-5-7-14(8-6-13)29-30(24,25)12-20-31(26,27)15-9-10-17-16-3-1-2-4-18(16)28-19(17)11-15;;/h1-11,20H,12H2,(H,24,25);;. The summed E-state index contributed by atoms with van der Waals surface area (Å²) in [5, 5.41) is 12.2. The van der Waals surface area contributed by atoms with Gasteiger partial charge in [-0.05, 0) is 30.3 Å². The Bertz CT molecular complexity index is 1450. The predicted molar refractivity (Wildman–Crippen MR) is 120 cm³/mol. The number of fused-ring (bicyclic) bond motifs is 3. The van der Waals surface area contributed by atoms with Crippen molar-refractivity contribution in [1.29, 1.82) is 0 Å². The summed E-state index contributed by atoms with van der Waals surface area (Å²) in [4.78, 5) is 19.9. The van der Waals surface area contributed by atoms with Crippen LogP contribution >= 0.6 is 7.60 Å². The molecule has 0 saturated heterocycles. The van der Waals surface area contributed by atoms with Gasteiger partial charge in [-0.1, -0.05) is 18.2 Å². The molecule has 4 rings (SSSR count). The number of para-hydroxylation sites is 1. The van der Waals surface area contributed by atoms with E-state index in [4.69, 9.17) is 8.94 Å². The molecule has 0 bridgehead atoms. The second-order valence-electron chi connectivity index (χ2n) is 6.54. The van der Waals surface area contributed by atoms with Gasteiger partial charge in [-0.15, -0.1) is 0 Å². The molecule has 10 nitrogen and oxygen atoms in total. The van der Waals surface area contributed by atoms with Gasteiger partial charge in [-0.25, -0.2) is 13.0 Å². The Labute approximate surface area is 204 Å². The van der Waals surface area contributed by atoms with Crippen LogP contribution in [0.5, 0.6) is 5.75 Å². The number of nitrogens with one attached hydrogen (secondary N) is 1. The number of sulfonamides is 1. The third-order valence-electron chi connectivity index (χ3n) is 4.41. The van der Waals surface area contributed by atoms with Crippen molar-refractivity contribution in [3.8, 4) is 5.75 Å². The molecule has 0 aliphatic heterocycles. The molecule has 32 heavy (non-hydrogen) atoms. The van der Waals surface area contributed by atoms with E-state index in [-0.39, 0.29) is 45.9 Å². The molecule has 4 aromatic rings. The van der Waals surface area contributed by atoms with E-state index in [0.29, 0.717) is 11.2 Å². The summed E-state index contributed by atoms with van der Waals surface area (Å²) in [6.07, 6.45) is -0.898. The molecule has 0 saturated carbocycles. The number of non-ortho nitro benzene ring substituents is 1. The molecule has 0 amide bonds. The summed E-state index contributed by atoms with van der Waals surface area (Å²) >= 11 is 0. The molecular formula is C19H16N2NaO8PS. The summed E-state index contributed by atoms with van der Waals surface area (Å²) in [5.41, 5.74) is 0.747. The van der Waals surface area contributed by atoms with Gasteiger partial charge in [0.2, 0.25) is 10.0 Å². The van der Waals surface area contributed by atoms with E-state index in [9.17, 15) is 28.0 Å². The van der Waals surface area contributed by atoms with Gasteiger partial charge in [0.25, 0.3) is 5.69 Å². The first-order chi connectivity index (χ1) is 14.6. The molecule has 1 atom stereocenters. The van der Waals surface area contributed by atoms with Crippen molar-refractivity contribution in [2.75, 3.05) is 6.29 Å². The Hall–Kier alpha value is -2.24. The average Bonchev–Trinajstić information content (AvgIpc) is 3.10. The summed E-state index contributed by atoms with van der Waals surface area (Å²) in [7, 11) is -8.57. The zero-order chi connectivity index (χ0) is 22.2. The van der Waals surface area contributed by atoms with Crippen molar-refractivity contribution in [3.63, 3.8) is 0 Å². The minimum atomic E-state index is -4.43. The summed E-state index contributed by atoms with van der Waals surface area (Å²) < 4.78 is 50.1. The van der Waals surface area contributed by atoms with E-state index in [1.165, 1.54) is 12.1 Å². The van der Waals surface area contributed by atoms with Crippen LogP contribution in [0.2, 0.25) is 0 Å². The Morgan fingerprint density at radius 3 is 2.38 bits per heavy atom. The number of hydrogen-bond donors (Lipinski definition) is 2. The van der Waals surface area contributed by atoms with Crippen LogP contribution in [0, 0.1) is 10.1 Å². The molecular weight excluding hydrogens is 470 g/mol. The van der Waals surface area contributed by atoms with Gasteiger partial charge in [0.05, 0.1) is 9.82 Å². The van der Waals surface area contributed by atoms with Crippen LogP contribution in [0.15, 0.2) is 76.0 Å². The zero-order valence-corrected chi connectivity index (χ0v) is 17.4. The Kier molecular flexibility index (Phi) is 7.11. The van der Waals surface area contributed by atoms with Gasteiger partial charge in [-0.2, -0.15) is 4.72 Å². The second-order valence-corrected chi connectivity index (χ2v) is 10.1. The Morgan fingerprint density at radius 2 is 1.69 bits per heavy atom. The molecule has 0 aliphatic rings. The first kappa shape index (κ1) is 24.4. The molecule has 2 N–H and O–H groups in total. The predicted octanol–water partition coefficient (Wildman–Crippen LogP) is 3.35. The number of hydrogen-bond acceptors (Lipinski definition) is 7. The normalized spacial score (nSPS) is 13.4. The Balaban J connectivity index is 0.00000289. The van der Waals surface area contributed by atoms with E-state index in [0.717, 1.165) is 35.0 Å². The van der Waals surface area contributed by atoms with Crippen molar-refractivity contribution < 1.29 is 31.7 Å². The number of nitro groups is 1. The van der Waals surface area contributed by atoms with Crippen molar-refractivity contribution in [2.24, 2.45) is 0 Å². The molecule has 1 heterocycles. The molecule has 0 fully saturated rings. The van der Waals surface area contributed by atoms with Gasteiger partial charge in [0.15, 0.2) is 0 Å². The molecule has 13 heteroatoms. The maximum atomic E-state index is 12.6. The van der Waals surface area contributed by atoms with Crippen LogP contribution in [-0.4, -0.2) is 54.1 Å². The molecule has 0 aliphatic carbocycles. The number of rotatable bonds is 7. The van der Waals surface area contributed by atoms with Gasteiger partial charge in [0.1, 0.15) is 23.2 Å². The molecule has 1 unspecified atom stereocenters. The zero-order valence-electron chi connectivity index (χ0n) is 15.7. The van der Waals surface area contributed by atoms with Crippen molar-refractivity contribution in [2.45, 2.75) is 4.90 Å². The number of nitrogens with zero attached hydrogens (tertiary/aromatic N) is 1. The van der Waals surface area contributed by atoms with Crippen LogP contribution in [-0.2, 0) is 14.6 Å².